The Labute approximate surface area is 153 Å². The zero-order valence-electron chi connectivity index (χ0n) is 14.4. The third-order valence-electron chi connectivity index (χ3n) is 3.11. The third-order valence-corrected chi connectivity index (χ3v) is 4.78. The fraction of sp³-hybridized carbons (Fsp3) is 0.312. The second kappa shape index (κ2) is 8.26. The molecule has 1 heterocycles. The molecule has 136 valence electrons. The van der Waals surface area contributed by atoms with E-state index in [4.69, 9.17) is 22.1 Å². The minimum absolute atomic E-state index is 0.0985. The number of carbonyl (C=O) groups is 1. The van der Waals surface area contributed by atoms with Crippen LogP contribution in [0.4, 0.5) is 27.9 Å². The van der Waals surface area contributed by atoms with E-state index in [1.165, 1.54) is 6.20 Å². The van der Waals surface area contributed by atoms with Gasteiger partial charge < -0.3 is 15.8 Å². The van der Waals surface area contributed by atoms with Crippen molar-refractivity contribution in [3.05, 3.63) is 35.5 Å². The monoisotopic (exact) mass is 383 g/mol. The Morgan fingerprint density at radius 3 is 2.64 bits per heavy atom. The molecule has 1 amide bonds. The zero-order chi connectivity index (χ0) is 18.4. The van der Waals surface area contributed by atoms with Gasteiger partial charge in [-0.15, -0.1) is 0 Å². The van der Waals surface area contributed by atoms with Gasteiger partial charge in [0, 0.05) is 5.75 Å². The molecule has 0 aliphatic carbocycles. The molecule has 2 aromatic rings. The van der Waals surface area contributed by atoms with Crippen molar-refractivity contribution >= 4 is 50.9 Å². The van der Waals surface area contributed by atoms with Gasteiger partial charge in [0.15, 0.2) is 5.82 Å². The van der Waals surface area contributed by atoms with Gasteiger partial charge in [0.05, 0.1) is 17.6 Å². The van der Waals surface area contributed by atoms with Crippen LogP contribution in [0.3, 0.4) is 0 Å². The Morgan fingerprint density at radius 2 is 1.96 bits per heavy atom. The second-order valence-electron chi connectivity index (χ2n) is 6.15. The van der Waals surface area contributed by atoms with E-state index in [2.05, 4.69) is 39.4 Å². The minimum Gasteiger partial charge on any atom is -0.448 e. The number of carbonyl (C=O) groups excluding carboxylic acids is 1. The van der Waals surface area contributed by atoms with E-state index in [9.17, 15) is 4.79 Å². The van der Waals surface area contributed by atoms with Gasteiger partial charge in [-0.3, -0.25) is 5.32 Å². The number of hydrogen-bond acceptors (Lipinski definition) is 6. The van der Waals surface area contributed by atoms with Gasteiger partial charge in [-0.05, 0) is 30.9 Å². The Kier molecular flexibility index (Phi) is 6.33. The van der Waals surface area contributed by atoms with E-state index >= 15 is 0 Å². The smallest absolute Gasteiger partial charge is 0.411 e. The predicted molar refractivity (Wildman–Crippen MR) is 106 cm³/mol. The summed E-state index contributed by atoms with van der Waals surface area (Å²) >= 11 is 6.06. The van der Waals surface area contributed by atoms with Crippen LogP contribution < -0.4 is 16.4 Å². The molecule has 9 heteroatoms. The van der Waals surface area contributed by atoms with Crippen molar-refractivity contribution in [2.24, 2.45) is 0 Å². The summed E-state index contributed by atoms with van der Waals surface area (Å²) < 4.78 is 5.24. The van der Waals surface area contributed by atoms with Crippen LogP contribution in [-0.2, 0) is 4.74 Å². The van der Waals surface area contributed by atoms with Crippen molar-refractivity contribution in [3.8, 4) is 0 Å². The highest BCUT2D eigenvalue weighted by atomic mass is 35.5. The molecule has 2 rings (SSSR count). The SMILES string of the molecule is CS(C)(C)CCOC(=O)Nc1ccccc1Nc1nc(N)ncc1Cl. The number of amides is 1. The summed E-state index contributed by atoms with van der Waals surface area (Å²) in [6, 6.07) is 7.15. The van der Waals surface area contributed by atoms with Crippen molar-refractivity contribution in [3.63, 3.8) is 0 Å². The van der Waals surface area contributed by atoms with Gasteiger partial charge >= 0.3 is 6.09 Å². The van der Waals surface area contributed by atoms with Crippen molar-refractivity contribution in [1.29, 1.82) is 0 Å². The van der Waals surface area contributed by atoms with E-state index in [0.29, 0.717) is 28.8 Å². The number of benzene rings is 1. The zero-order valence-corrected chi connectivity index (χ0v) is 15.9. The number of hydrogen-bond donors (Lipinski definition) is 3. The largest absolute Gasteiger partial charge is 0.448 e. The summed E-state index contributed by atoms with van der Waals surface area (Å²) in [5.74, 6) is 1.31. The standard InChI is InChI=1S/C16H22ClN5O2S/c1-25(2,3)9-8-24-16(23)21-13-7-5-4-6-12(13)20-14-11(17)10-19-15(18)22-14/h4-7,10H,8-9H2,1-3H3,(H,21,23)(H3,18,19,20,22). The lowest BCUT2D eigenvalue weighted by molar-refractivity contribution is 0.169. The number of nitrogens with two attached hydrogens (primary N) is 1. The highest BCUT2D eigenvalue weighted by molar-refractivity contribution is 8.32. The molecule has 0 unspecified atom stereocenters. The summed E-state index contributed by atoms with van der Waals surface area (Å²) in [6.45, 7) is 0.383. The van der Waals surface area contributed by atoms with E-state index in [0.717, 1.165) is 5.75 Å². The molecule has 4 N–H and O–H groups in total. The maximum absolute atomic E-state index is 12.0. The van der Waals surface area contributed by atoms with Crippen LogP contribution in [0.25, 0.3) is 0 Å². The highest BCUT2D eigenvalue weighted by Gasteiger charge is 2.11. The highest BCUT2D eigenvalue weighted by Crippen LogP contribution is 2.33. The van der Waals surface area contributed by atoms with Crippen molar-refractivity contribution in [2.45, 2.75) is 0 Å². The van der Waals surface area contributed by atoms with Crippen LogP contribution in [-0.4, -0.2) is 47.2 Å². The number of nitrogens with one attached hydrogen (secondary N) is 2. The molecule has 0 fully saturated rings. The Hall–Kier alpha value is -2.19. The molecule has 1 aromatic carbocycles. The topological polar surface area (TPSA) is 102 Å². The quantitative estimate of drug-likeness (QED) is 0.702. The van der Waals surface area contributed by atoms with Crippen LogP contribution >= 0.6 is 21.6 Å². The molecule has 25 heavy (non-hydrogen) atoms. The molecule has 0 atom stereocenters. The number of ether oxygens (including phenoxy) is 1. The van der Waals surface area contributed by atoms with E-state index in [1.54, 1.807) is 18.2 Å². The average Bonchev–Trinajstić information content (AvgIpc) is 2.51. The molecule has 0 bridgehead atoms. The van der Waals surface area contributed by atoms with Crippen molar-refractivity contribution in [2.75, 3.05) is 47.5 Å². The molecular weight excluding hydrogens is 362 g/mol. The minimum atomic E-state index is -0.708. The number of aromatic nitrogens is 2. The molecular formula is C16H22ClN5O2S. The van der Waals surface area contributed by atoms with Crippen molar-refractivity contribution < 1.29 is 9.53 Å². The lowest BCUT2D eigenvalue weighted by Gasteiger charge is -2.24. The van der Waals surface area contributed by atoms with Gasteiger partial charge in [0.1, 0.15) is 11.6 Å². The predicted octanol–water partition coefficient (Wildman–Crippen LogP) is 3.70. The fourth-order valence-electron chi connectivity index (χ4n) is 1.83. The Balaban J connectivity index is 2.05. The molecule has 1 aromatic heterocycles. The molecule has 0 spiro atoms. The van der Waals surface area contributed by atoms with Crippen LogP contribution in [0.5, 0.6) is 0 Å². The lowest BCUT2D eigenvalue weighted by Crippen LogP contribution is -2.18. The van der Waals surface area contributed by atoms with Crippen LogP contribution in [0.2, 0.25) is 5.02 Å². The Morgan fingerprint density at radius 1 is 1.28 bits per heavy atom. The number of para-hydroxylation sites is 2. The number of nitrogens with zero attached hydrogens (tertiary/aromatic N) is 2. The van der Waals surface area contributed by atoms with E-state index < -0.39 is 16.1 Å². The lowest BCUT2D eigenvalue weighted by atomic mass is 10.2. The summed E-state index contributed by atoms with van der Waals surface area (Å²) in [7, 11) is -0.708. The molecule has 0 aliphatic rings. The molecule has 7 nitrogen and oxygen atoms in total. The third kappa shape index (κ3) is 6.32. The molecule has 0 saturated heterocycles. The molecule has 0 radical (unpaired) electrons. The van der Waals surface area contributed by atoms with Crippen LogP contribution in [0.1, 0.15) is 0 Å². The number of rotatable bonds is 6. The number of nitrogen functional groups attached to an aromatic ring is 1. The van der Waals surface area contributed by atoms with Crippen LogP contribution in [0.15, 0.2) is 30.5 Å². The first-order chi connectivity index (χ1) is 11.7. The summed E-state index contributed by atoms with van der Waals surface area (Å²) in [5.41, 5.74) is 6.74. The fourth-order valence-corrected chi connectivity index (χ4v) is 2.55. The first-order valence-electron chi connectivity index (χ1n) is 7.48. The second-order valence-corrected chi connectivity index (χ2v) is 11.1. The number of halogens is 1. The first-order valence-corrected chi connectivity index (χ1v) is 10.9. The first kappa shape index (κ1) is 19.1. The van der Waals surface area contributed by atoms with E-state index in [-0.39, 0.29) is 5.95 Å². The van der Waals surface area contributed by atoms with Crippen LogP contribution in [0, 0.1) is 0 Å². The maximum atomic E-state index is 12.0. The van der Waals surface area contributed by atoms with Gasteiger partial charge in [-0.25, -0.2) is 19.8 Å². The van der Waals surface area contributed by atoms with Gasteiger partial charge in [-0.2, -0.15) is 4.98 Å². The Bertz CT molecular complexity index is 752. The number of anilines is 4. The molecule has 0 aliphatic heterocycles. The summed E-state index contributed by atoms with van der Waals surface area (Å²) in [5, 5.41) is 6.08. The molecule has 0 saturated carbocycles. The summed E-state index contributed by atoms with van der Waals surface area (Å²) in [6.07, 6.45) is 7.41. The van der Waals surface area contributed by atoms with Gasteiger partial charge in [0.2, 0.25) is 5.95 Å². The van der Waals surface area contributed by atoms with Gasteiger partial charge in [0.25, 0.3) is 0 Å². The van der Waals surface area contributed by atoms with Gasteiger partial charge in [-0.1, -0.05) is 23.7 Å². The summed E-state index contributed by atoms with van der Waals surface area (Å²) in [4.78, 5) is 19.9. The normalized spacial score (nSPS) is 11.7. The maximum Gasteiger partial charge on any atom is 0.411 e. The van der Waals surface area contributed by atoms with E-state index in [1.807, 2.05) is 6.07 Å². The average molecular weight is 384 g/mol. The van der Waals surface area contributed by atoms with Crippen molar-refractivity contribution in [1.82, 2.24) is 9.97 Å².